The molecule has 0 amide bonds. The van der Waals surface area contributed by atoms with E-state index < -0.39 is 0 Å². The zero-order valence-electron chi connectivity index (χ0n) is 21.0. The van der Waals surface area contributed by atoms with E-state index in [-0.39, 0.29) is 0 Å². The smallest absolute Gasteiger partial charge is 0.213 e. The van der Waals surface area contributed by atoms with Crippen molar-refractivity contribution in [1.82, 2.24) is 9.97 Å². The molecule has 39 heavy (non-hydrogen) atoms. The van der Waals surface area contributed by atoms with Crippen molar-refractivity contribution in [3.63, 3.8) is 0 Å². The molecule has 4 nitrogen and oxygen atoms in total. The molecule has 0 saturated heterocycles. The maximum absolute atomic E-state index is 7.22. The summed E-state index contributed by atoms with van der Waals surface area (Å²) in [5.41, 5.74) is 8.13. The van der Waals surface area contributed by atoms with Gasteiger partial charge in [0, 0.05) is 20.6 Å². The molecule has 0 aliphatic heterocycles. The molecule has 1 aliphatic carbocycles. The number of rotatable bonds is 3. The van der Waals surface area contributed by atoms with E-state index in [1.54, 1.807) is 0 Å². The first kappa shape index (κ1) is 23.1. The Balaban J connectivity index is 1.44. The lowest BCUT2D eigenvalue weighted by atomic mass is 9.91. The minimum atomic E-state index is 0.551. The van der Waals surface area contributed by atoms with Gasteiger partial charge in [-0.05, 0) is 78.6 Å². The quantitative estimate of drug-likeness (QED) is 0.222. The summed E-state index contributed by atoms with van der Waals surface area (Å²) in [6, 6.07) is 29.2. The molecule has 0 saturated carbocycles. The summed E-state index contributed by atoms with van der Waals surface area (Å²) in [7, 11) is 0. The van der Waals surface area contributed by atoms with Crippen LogP contribution in [0.15, 0.2) is 93.8 Å². The summed E-state index contributed by atoms with van der Waals surface area (Å²) in [5, 5.41) is 4.81. The maximum atomic E-state index is 7.22. The number of anilines is 3. The lowest BCUT2D eigenvalue weighted by molar-refractivity contribution is 0.669. The number of benzene rings is 5. The zero-order chi connectivity index (χ0) is 26.1. The van der Waals surface area contributed by atoms with Crippen LogP contribution >= 0.6 is 27.5 Å². The van der Waals surface area contributed by atoms with E-state index in [0.717, 1.165) is 72.8 Å². The normalized spacial score (nSPS) is 13.5. The van der Waals surface area contributed by atoms with Gasteiger partial charge in [-0.15, -0.1) is 0 Å². The number of para-hydroxylation sites is 1. The zero-order valence-corrected chi connectivity index (χ0v) is 23.3. The number of aromatic nitrogens is 2. The Kier molecular flexibility index (Phi) is 5.26. The molecular formula is C33H23BrClN3O. The van der Waals surface area contributed by atoms with Gasteiger partial charge in [0.25, 0.3) is 0 Å². The molecule has 0 unspecified atom stereocenters. The highest BCUT2D eigenvalue weighted by atomic mass is 79.9. The summed E-state index contributed by atoms with van der Waals surface area (Å²) >= 11 is 11.0. The predicted octanol–water partition coefficient (Wildman–Crippen LogP) is 10.4. The van der Waals surface area contributed by atoms with Gasteiger partial charge in [-0.3, -0.25) is 4.90 Å². The number of fused-ring (bicyclic) bond motifs is 7. The number of nitrogens with one attached hydrogen (secondary N) is 1. The van der Waals surface area contributed by atoms with E-state index in [0.29, 0.717) is 10.6 Å². The highest BCUT2D eigenvalue weighted by Gasteiger charge is 2.25. The van der Waals surface area contributed by atoms with Crippen LogP contribution < -0.4 is 4.90 Å². The van der Waals surface area contributed by atoms with Crippen LogP contribution in [0, 0.1) is 0 Å². The van der Waals surface area contributed by atoms with E-state index in [9.17, 15) is 0 Å². The van der Waals surface area contributed by atoms with Gasteiger partial charge in [-0.1, -0.05) is 76.1 Å². The largest absolute Gasteiger partial charge is 0.454 e. The molecule has 8 rings (SSSR count). The Morgan fingerprint density at radius 2 is 1.67 bits per heavy atom. The van der Waals surface area contributed by atoms with E-state index in [1.807, 2.05) is 18.2 Å². The fraction of sp³-hybridized carbons (Fsp3) is 0.121. The molecule has 5 aromatic carbocycles. The number of aromatic amines is 1. The minimum Gasteiger partial charge on any atom is -0.454 e. The van der Waals surface area contributed by atoms with Crippen molar-refractivity contribution < 1.29 is 4.42 Å². The Bertz CT molecular complexity index is 2070. The Morgan fingerprint density at radius 3 is 2.59 bits per heavy atom. The number of furan rings is 1. The van der Waals surface area contributed by atoms with Crippen LogP contribution in [0.25, 0.3) is 43.7 Å². The molecule has 0 spiro atoms. The summed E-state index contributed by atoms with van der Waals surface area (Å²) < 4.78 is 7.30. The van der Waals surface area contributed by atoms with Crippen molar-refractivity contribution in [3.8, 4) is 0 Å². The molecular weight excluding hydrogens is 570 g/mol. The molecule has 1 aliphatic rings. The number of imidazole rings is 1. The molecule has 7 aromatic rings. The third kappa shape index (κ3) is 3.53. The predicted molar refractivity (Wildman–Crippen MR) is 165 cm³/mol. The van der Waals surface area contributed by atoms with E-state index in [2.05, 4.69) is 92.5 Å². The van der Waals surface area contributed by atoms with Crippen LogP contribution in [-0.4, -0.2) is 9.97 Å². The molecule has 0 atom stereocenters. The maximum Gasteiger partial charge on any atom is 0.213 e. The second-order valence-electron chi connectivity index (χ2n) is 10.2. The van der Waals surface area contributed by atoms with E-state index in [1.165, 1.54) is 24.0 Å². The second kappa shape index (κ2) is 8.87. The molecule has 0 radical (unpaired) electrons. The van der Waals surface area contributed by atoms with E-state index in [4.69, 9.17) is 21.0 Å². The second-order valence-corrected chi connectivity index (χ2v) is 11.4. The Morgan fingerprint density at radius 1 is 0.821 bits per heavy atom. The monoisotopic (exact) mass is 591 g/mol. The van der Waals surface area contributed by atoms with Gasteiger partial charge in [0.1, 0.15) is 10.6 Å². The number of hydrogen-bond acceptors (Lipinski definition) is 3. The summed E-state index contributed by atoms with van der Waals surface area (Å²) in [5.74, 6) is 0.726. The van der Waals surface area contributed by atoms with Crippen molar-refractivity contribution in [2.24, 2.45) is 0 Å². The number of H-pyrrole nitrogens is 1. The summed E-state index contributed by atoms with van der Waals surface area (Å²) in [4.78, 5) is 11.0. The first-order valence-electron chi connectivity index (χ1n) is 13.2. The molecule has 2 heterocycles. The van der Waals surface area contributed by atoms with Crippen LogP contribution in [-0.2, 0) is 12.8 Å². The summed E-state index contributed by atoms with van der Waals surface area (Å²) in [6.45, 7) is 0. The topological polar surface area (TPSA) is 45.1 Å². The molecule has 0 bridgehead atoms. The average Bonchev–Trinajstić information content (AvgIpc) is 3.57. The molecule has 190 valence electrons. The molecule has 6 heteroatoms. The fourth-order valence-corrected chi connectivity index (χ4v) is 7.01. The van der Waals surface area contributed by atoms with Gasteiger partial charge in [0.05, 0.1) is 22.4 Å². The van der Waals surface area contributed by atoms with Crippen LogP contribution in [0.4, 0.5) is 17.3 Å². The van der Waals surface area contributed by atoms with Crippen molar-refractivity contribution in [2.45, 2.75) is 25.7 Å². The number of halogens is 2. The molecule has 0 fully saturated rings. The third-order valence-corrected chi connectivity index (χ3v) is 8.98. The lowest BCUT2D eigenvalue weighted by Gasteiger charge is -2.25. The van der Waals surface area contributed by atoms with Crippen LogP contribution in [0.3, 0.4) is 0 Å². The highest BCUT2D eigenvalue weighted by molar-refractivity contribution is 9.10. The number of hydrogen-bond donors (Lipinski definition) is 1. The molecule has 2 aromatic heterocycles. The van der Waals surface area contributed by atoms with E-state index >= 15 is 0 Å². The van der Waals surface area contributed by atoms with Crippen LogP contribution in [0.2, 0.25) is 5.02 Å². The van der Waals surface area contributed by atoms with Crippen molar-refractivity contribution >= 4 is 88.6 Å². The minimum absolute atomic E-state index is 0.551. The number of aryl methyl sites for hydroxylation is 2. The lowest BCUT2D eigenvalue weighted by Crippen LogP contribution is -2.13. The summed E-state index contributed by atoms with van der Waals surface area (Å²) in [6.07, 6.45) is 4.60. The van der Waals surface area contributed by atoms with Crippen molar-refractivity contribution in [2.75, 3.05) is 4.90 Å². The average molecular weight is 593 g/mol. The SMILES string of the molecule is Clc1c(N(c2nc3c4c(ccc3[nH]2)CCCC4)c2cccc3cccc(Br)c23)ccc2c1oc1ccccc12. The third-order valence-electron chi connectivity index (χ3n) is 7.96. The first-order valence-corrected chi connectivity index (χ1v) is 14.4. The van der Waals surface area contributed by atoms with Gasteiger partial charge in [-0.25, -0.2) is 4.98 Å². The highest BCUT2D eigenvalue weighted by Crippen LogP contribution is 2.46. The van der Waals surface area contributed by atoms with Crippen LogP contribution in [0.1, 0.15) is 24.0 Å². The fourth-order valence-electron chi connectivity index (χ4n) is 6.14. The first-order chi connectivity index (χ1) is 19.2. The number of nitrogens with zero attached hydrogens (tertiary/aromatic N) is 2. The van der Waals surface area contributed by atoms with Gasteiger partial charge < -0.3 is 9.40 Å². The Hall–Kier alpha value is -3.80. The van der Waals surface area contributed by atoms with Gasteiger partial charge >= 0.3 is 0 Å². The van der Waals surface area contributed by atoms with Crippen LogP contribution in [0.5, 0.6) is 0 Å². The standard InChI is InChI=1S/C33H23BrClN3O/c34-24-12-5-8-20-9-6-13-26(29(20)24)38(33-36-25-17-15-19-7-1-2-10-21(19)31(25)37-33)27-18-16-23-22-11-3-4-14-28(22)39-32(23)30(27)35/h3-6,8-9,11-18H,1-2,7,10H2,(H,36,37). The molecule has 1 N–H and O–H groups in total. The van der Waals surface area contributed by atoms with Crippen molar-refractivity contribution in [1.29, 1.82) is 0 Å². The van der Waals surface area contributed by atoms with Crippen molar-refractivity contribution in [3.05, 3.63) is 106 Å². The Labute approximate surface area is 238 Å². The van der Waals surface area contributed by atoms with Gasteiger partial charge in [0.15, 0.2) is 5.58 Å². The van der Waals surface area contributed by atoms with Gasteiger partial charge in [0.2, 0.25) is 5.95 Å². The van der Waals surface area contributed by atoms with Gasteiger partial charge in [-0.2, -0.15) is 0 Å².